The summed E-state index contributed by atoms with van der Waals surface area (Å²) in [5.41, 5.74) is 3.46. The number of nitrogens with one attached hydrogen (secondary N) is 2. The maximum Gasteiger partial charge on any atom is 0.287 e. The molecule has 2 N–H and O–H groups in total. The second kappa shape index (κ2) is 8.15. The minimum absolute atomic E-state index is 0.108. The zero-order valence-corrected chi connectivity index (χ0v) is 16.7. The first-order chi connectivity index (χ1) is 14.0. The number of pyridine rings is 1. The van der Waals surface area contributed by atoms with Crippen LogP contribution in [-0.4, -0.2) is 10.9 Å². The topological polar surface area (TPSA) is 71.2 Å². The molecule has 29 heavy (non-hydrogen) atoms. The molecular weight excluding hydrogens is 411 g/mol. The van der Waals surface area contributed by atoms with Crippen LogP contribution in [0.1, 0.15) is 22.4 Å². The maximum atomic E-state index is 13.0. The zero-order valence-electron chi connectivity index (χ0n) is 15.2. The molecule has 7 heteroatoms. The summed E-state index contributed by atoms with van der Waals surface area (Å²) in [5, 5.41) is 3.74. The van der Waals surface area contributed by atoms with Crippen LogP contribution >= 0.6 is 23.2 Å². The number of aromatic nitrogens is 1. The highest BCUT2D eigenvalue weighted by Crippen LogP contribution is 2.33. The van der Waals surface area contributed by atoms with Crippen LogP contribution in [0.2, 0.25) is 10.0 Å². The Labute approximate surface area is 176 Å². The molecule has 5 nitrogen and oxygen atoms in total. The van der Waals surface area contributed by atoms with Crippen molar-refractivity contribution in [1.82, 2.24) is 10.3 Å². The molecule has 2 aromatic carbocycles. The van der Waals surface area contributed by atoms with Gasteiger partial charge in [-0.15, -0.1) is 0 Å². The second-order valence-corrected chi connectivity index (χ2v) is 7.32. The number of carbonyl (C=O) groups excluding carboxylic acids is 1. The summed E-state index contributed by atoms with van der Waals surface area (Å²) in [4.78, 5) is 27.4. The van der Waals surface area contributed by atoms with Gasteiger partial charge in [-0.25, -0.2) is 0 Å². The van der Waals surface area contributed by atoms with Crippen LogP contribution in [0.15, 0.2) is 71.2 Å². The summed E-state index contributed by atoms with van der Waals surface area (Å²) < 4.78 is 5.77. The van der Waals surface area contributed by atoms with Gasteiger partial charge in [0.15, 0.2) is 5.76 Å². The second-order valence-electron chi connectivity index (χ2n) is 6.50. The molecule has 0 aliphatic carbocycles. The number of hydrogen-bond acceptors (Lipinski definition) is 3. The fraction of sp³-hybridized carbons (Fsp3) is 0.0909. The predicted octanol–water partition coefficient (Wildman–Crippen LogP) is 4.29. The lowest BCUT2D eigenvalue weighted by Crippen LogP contribution is -2.29. The molecule has 1 aliphatic rings. The van der Waals surface area contributed by atoms with E-state index in [9.17, 15) is 9.59 Å². The van der Waals surface area contributed by atoms with Gasteiger partial charge >= 0.3 is 0 Å². The lowest BCUT2D eigenvalue weighted by Gasteiger charge is -2.23. The molecule has 0 atom stereocenters. The first-order valence-corrected chi connectivity index (χ1v) is 9.66. The molecule has 1 aliphatic heterocycles. The molecule has 0 bridgehead atoms. The number of carbonyl (C=O) groups is 1. The quantitative estimate of drug-likeness (QED) is 0.653. The summed E-state index contributed by atoms with van der Waals surface area (Å²) in [6, 6.07) is 17.8. The first-order valence-electron chi connectivity index (χ1n) is 8.90. The summed E-state index contributed by atoms with van der Waals surface area (Å²) >= 11 is 12.0. The molecule has 0 unspecified atom stereocenters. The van der Waals surface area contributed by atoms with E-state index in [1.807, 2.05) is 30.3 Å². The summed E-state index contributed by atoms with van der Waals surface area (Å²) in [6.45, 7) is 0.375. The predicted molar refractivity (Wildman–Crippen MR) is 113 cm³/mol. The van der Waals surface area contributed by atoms with E-state index >= 15 is 0 Å². The van der Waals surface area contributed by atoms with E-state index in [4.69, 9.17) is 27.9 Å². The fourth-order valence-electron chi connectivity index (χ4n) is 3.19. The molecule has 0 fully saturated rings. The van der Waals surface area contributed by atoms with Gasteiger partial charge in [0.1, 0.15) is 6.61 Å². The maximum absolute atomic E-state index is 13.0. The number of amides is 1. The summed E-state index contributed by atoms with van der Waals surface area (Å²) in [7, 11) is 0. The minimum atomic E-state index is -0.355. The molecule has 0 saturated carbocycles. The van der Waals surface area contributed by atoms with Gasteiger partial charge in [-0.1, -0.05) is 59.6 Å². The number of benzene rings is 2. The highest BCUT2D eigenvalue weighted by molar-refractivity contribution is 6.42. The third-order valence-corrected chi connectivity index (χ3v) is 5.30. The Morgan fingerprint density at radius 2 is 1.83 bits per heavy atom. The van der Waals surface area contributed by atoms with Gasteiger partial charge < -0.3 is 15.0 Å². The monoisotopic (exact) mass is 426 g/mol. The SMILES string of the molecule is O=C(NCc1ccc(Cl)c(Cl)c1)C1=C(c2ccccc2)c2ccc(=O)[nH]c2CO1. The molecule has 0 radical (unpaired) electrons. The number of rotatable bonds is 4. The van der Waals surface area contributed by atoms with Gasteiger partial charge in [0.2, 0.25) is 5.56 Å². The van der Waals surface area contributed by atoms with E-state index in [-0.39, 0.29) is 30.4 Å². The minimum Gasteiger partial charge on any atom is -0.481 e. The van der Waals surface area contributed by atoms with Gasteiger partial charge in [0.25, 0.3) is 5.91 Å². The number of fused-ring (bicyclic) bond motifs is 1. The van der Waals surface area contributed by atoms with Gasteiger partial charge in [0.05, 0.1) is 15.7 Å². The van der Waals surface area contributed by atoms with Crippen molar-refractivity contribution in [1.29, 1.82) is 0 Å². The molecule has 2 heterocycles. The third-order valence-electron chi connectivity index (χ3n) is 4.56. The van der Waals surface area contributed by atoms with E-state index < -0.39 is 0 Å². The molecular formula is C22H16Cl2N2O3. The molecule has 1 aromatic heterocycles. The van der Waals surface area contributed by atoms with E-state index in [1.54, 1.807) is 24.3 Å². The lowest BCUT2D eigenvalue weighted by molar-refractivity contribution is -0.121. The average Bonchev–Trinajstić information content (AvgIpc) is 2.74. The van der Waals surface area contributed by atoms with E-state index in [0.717, 1.165) is 16.7 Å². The molecule has 146 valence electrons. The Morgan fingerprint density at radius 1 is 1.03 bits per heavy atom. The zero-order chi connectivity index (χ0) is 20.4. The van der Waals surface area contributed by atoms with Crippen molar-refractivity contribution in [2.24, 2.45) is 0 Å². The smallest absolute Gasteiger partial charge is 0.287 e. The molecule has 4 rings (SSSR count). The Bertz CT molecular complexity index is 1170. The van der Waals surface area contributed by atoms with Crippen LogP contribution in [0.4, 0.5) is 0 Å². The van der Waals surface area contributed by atoms with Crippen LogP contribution < -0.4 is 10.9 Å². The summed E-state index contributed by atoms with van der Waals surface area (Å²) in [6.07, 6.45) is 0. The number of hydrogen-bond donors (Lipinski definition) is 2. The van der Waals surface area contributed by atoms with E-state index in [2.05, 4.69) is 10.3 Å². The van der Waals surface area contributed by atoms with Crippen LogP contribution in [0.25, 0.3) is 5.57 Å². The van der Waals surface area contributed by atoms with Crippen molar-refractivity contribution in [2.75, 3.05) is 0 Å². The van der Waals surface area contributed by atoms with Gasteiger partial charge in [0, 0.05) is 23.7 Å². The highest BCUT2D eigenvalue weighted by Gasteiger charge is 2.27. The van der Waals surface area contributed by atoms with E-state index in [1.165, 1.54) is 6.07 Å². The molecule has 1 amide bonds. The van der Waals surface area contributed by atoms with Gasteiger partial charge in [-0.3, -0.25) is 9.59 Å². The number of aromatic amines is 1. The largest absolute Gasteiger partial charge is 0.481 e. The third kappa shape index (κ3) is 4.06. The molecule has 0 saturated heterocycles. The molecule has 3 aromatic rings. The van der Waals surface area contributed by atoms with Crippen LogP contribution in [-0.2, 0) is 22.7 Å². The first kappa shape index (κ1) is 19.3. The number of ether oxygens (including phenoxy) is 1. The molecule has 0 spiro atoms. The normalized spacial score (nSPS) is 12.9. The van der Waals surface area contributed by atoms with Crippen LogP contribution in [0.3, 0.4) is 0 Å². The number of H-pyrrole nitrogens is 1. The van der Waals surface area contributed by atoms with Crippen molar-refractivity contribution < 1.29 is 9.53 Å². The Morgan fingerprint density at radius 3 is 2.59 bits per heavy atom. The number of halogens is 2. The van der Waals surface area contributed by atoms with E-state index in [0.29, 0.717) is 21.3 Å². The van der Waals surface area contributed by atoms with Crippen LogP contribution in [0.5, 0.6) is 0 Å². The average molecular weight is 427 g/mol. The summed E-state index contributed by atoms with van der Waals surface area (Å²) in [5.74, 6) is -0.150. The fourth-order valence-corrected chi connectivity index (χ4v) is 3.51. The van der Waals surface area contributed by atoms with Crippen molar-refractivity contribution in [3.63, 3.8) is 0 Å². The van der Waals surface area contributed by atoms with Crippen LogP contribution in [0, 0.1) is 0 Å². The van der Waals surface area contributed by atoms with Crippen molar-refractivity contribution >= 4 is 34.7 Å². The Hall–Kier alpha value is -3.02. The Kier molecular flexibility index (Phi) is 5.43. The standard InChI is InChI=1S/C22H16Cl2N2O3/c23-16-8-6-13(10-17(16)24)11-25-22(28)21-20(14-4-2-1-3-5-14)15-7-9-19(27)26-18(15)12-29-21/h1-10H,11-12H2,(H,25,28)(H,26,27). The Balaban J connectivity index is 1.70. The van der Waals surface area contributed by atoms with Gasteiger partial charge in [-0.2, -0.15) is 0 Å². The van der Waals surface area contributed by atoms with Crippen molar-refractivity contribution in [3.8, 4) is 0 Å². The van der Waals surface area contributed by atoms with Crippen molar-refractivity contribution in [2.45, 2.75) is 13.2 Å². The lowest BCUT2D eigenvalue weighted by atomic mass is 9.93. The highest BCUT2D eigenvalue weighted by atomic mass is 35.5. The van der Waals surface area contributed by atoms with Gasteiger partial charge in [-0.05, 0) is 29.3 Å². The van der Waals surface area contributed by atoms with Crippen molar-refractivity contribution in [3.05, 3.63) is 109 Å².